The fourth-order valence-electron chi connectivity index (χ4n) is 2.33. The van der Waals surface area contributed by atoms with Gasteiger partial charge in [0.1, 0.15) is 22.8 Å². The van der Waals surface area contributed by atoms with E-state index < -0.39 is 0 Å². The molecule has 0 aliphatic heterocycles. The van der Waals surface area contributed by atoms with Crippen LogP contribution in [0.25, 0.3) is 10.2 Å². The van der Waals surface area contributed by atoms with Gasteiger partial charge in [0.05, 0.1) is 5.39 Å². The molecule has 0 saturated carbocycles. The first-order chi connectivity index (χ1) is 10.1. The van der Waals surface area contributed by atoms with E-state index in [0.29, 0.717) is 0 Å². The lowest BCUT2D eigenvalue weighted by molar-refractivity contribution is 0.626. The third-order valence-corrected chi connectivity index (χ3v) is 4.80. The van der Waals surface area contributed by atoms with E-state index in [1.807, 2.05) is 6.92 Å². The maximum absolute atomic E-state index is 13.0. The lowest BCUT2D eigenvalue weighted by Gasteiger charge is -2.15. The van der Waals surface area contributed by atoms with Crippen LogP contribution in [0.3, 0.4) is 0 Å². The molecular weight excluding hydrogens is 285 g/mol. The van der Waals surface area contributed by atoms with Crippen molar-refractivity contribution < 1.29 is 4.39 Å². The van der Waals surface area contributed by atoms with Crippen molar-refractivity contribution in [3.63, 3.8) is 0 Å². The highest BCUT2D eigenvalue weighted by Gasteiger charge is 2.14. The van der Waals surface area contributed by atoms with Crippen molar-refractivity contribution in [3.8, 4) is 0 Å². The Morgan fingerprint density at radius 3 is 2.57 bits per heavy atom. The van der Waals surface area contributed by atoms with Gasteiger partial charge in [-0.2, -0.15) is 0 Å². The fraction of sp³-hybridized carbons (Fsp3) is 0.250. The highest BCUT2D eigenvalue weighted by atomic mass is 32.1. The van der Waals surface area contributed by atoms with Gasteiger partial charge in [0, 0.05) is 10.9 Å². The molecule has 3 aromatic rings. The highest BCUT2D eigenvalue weighted by molar-refractivity contribution is 7.18. The maximum atomic E-state index is 13.0. The van der Waals surface area contributed by atoms with Crippen LogP contribution in [-0.4, -0.2) is 9.97 Å². The predicted octanol–water partition coefficient (Wildman–Crippen LogP) is 4.62. The molecule has 0 radical (unpaired) electrons. The van der Waals surface area contributed by atoms with E-state index in [1.165, 1.54) is 22.6 Å². The number of halogens is 1. The summed E-state index contributed by atoms with van der Waals surface area (Å²) in [4.78, 5) is 11.0. The summed E-state index contributed by atoms with van der Waals surface area (Å²) in [5.74, 6) is 0.610. The van der Waals surface area contributed by atoms with Crippen molar-refractivity contribution in [1.29, 1.82) is 0 Å². The molecule has 0 bridgehead atoms. The number of aromatic nitrogens is 2. The van der Waals surface area contributed by atoms with Gasteiger partial charge >= 0.3 is 0 Å². The van der Waals surface area contributed by atoms with Crippen LogP contribution in [0.1, 0.15) is 29.0 Å². The van der Waals surface area contributed by atoms with Crippen LogP contribution in [-0.2, 0) is 0 Å². The molecule has 108 valence electrons. The van der Waals surface area contributed by atoms with Crippen molar-refractivity contribution in [3.05, 3.63) is 52.4 Å². The number of thiophene rings is 1. The largest absolute Gasteiger partial charge is 0.363 e. The van der Waals surface area contributed by atoms with E-state index in [1.54, 1.807) is 29.8 Å². The van der Waals surface area contributed by atoms with E-state index in [4.69, 9.17) is 0 Å². The van der Waals surface area contributed by atoms with Crippen molar-refractivity contribution in [2.24, 2.45) is 0 Å². The van der Waals surface area contributed by atoms with Crippen LogP contribution in [0, 0.1) is 19.7 Å². The van der Waals surface area contributed by atoms with Crippen molar-refractivity contribution >= 4 is 27.4 Å². The molecule has 0 saturated heterocycles. The monoisotopic (exact) mass is 301 g/mol. The molecule has 0 aliphatic rings. The highest BCUT2D eigenvalue weighted by Crippen LogP contribution is 2.33. The molecule has 2 heterocycles. The topological polar surface area (TPSA) is 37.8 Å². The molecule has 21 heavy (non-hydrogen) atoms. The number of benzene rings is 1. The number of nitrogens with one attached hydrogen (secondary N) is 1. The van der Waals surface area contributed by atoms with E-state index in [9.17, 15) is 4.39 Å². The molecule has 3 nitrogen and oxygen atoms in total. The summed E-state index contributed by atoms with van der Waals surface area (Å²) < 4.78 is 13.0. The minimum Gasteiger partial charge on any atom is -0.363 e. The molecule has 0 fully saturated rings. The second-order valence-electron chi connectivity index (χ2n) is 5.10. The molecule has 0 spiro atoms. The van der Waals surface area contributed by atoms with E-state index in [-0.39, 0.29) is 11.9 Å². The lowest BCUT2D eigenvalue weighted by atomic mass is 10.1. The first-order valence-electron chi connectivity index (χ1n) is 6.79. The second kappa shape index (κ2) is 5.41. The van der Waals surface area contributed by atoms with Gasteiger partial charge in [0.15, 0.2) is 0 Å². The predicted molar refractivity (Wildman–Crippen MR) is 85.3 cm³/mol. The van der Waals surface area contributed by atoms with Gasteiger partial charge in [-0.05, 0) is 44.0 Å². The first kappa shape index (κ1) is 13.9. The summed E-state index contributed by atoms with van der Waals surface area (Å²) in [5.41, 5.74) is 2.23. The molecule has 0 unspecified atom stereocenters. The van der Waals surface area contributed by atoms with Gasteiger partial charge in [0.25, 0.3) is 0 Å². The second-order valence-corrected chi connectivity index (χ2v) is 6.31. The van der Waals surface area contributed by atoms with Crippen LogP contribution in [0.2, 0.25) is 0 Å². The third-order valence-electron chi connectivity index (χ3n) is 3.69. The zero-order valence-electron chi connectivity index (χ0n) is 12.1. The number of hydrogen-bond acceptors (Lipinski definition) is 4. The number of anilines is 1. The quantitative estimate of drug-likeness (QED) is 0.767. The van der Waals surface area contributed by atoms with Crippen molar-refractivity contribution in [2.75, 3.05) is 5.32 Å². The van der Waals surface area contributed by atoms with Crippen LogP contribution in [0.5, 0.6) is 0 Å². The van der Waals surface area contributed by atoms with Gasteiger partial charge in [-0.25, -0.2) is 14.4 Å². The summed E-state index contributed by atoms with van der Waals surface area (Å²) in [6.07, 6.45) is 1.58. The fourth-order valence-corrected chi connectivity index (χ4v) is 3.33. The Labute approximate surface area is 126 Å². The summed E-state index contributed by atoms with van der Waals surface area (Å²) in [7, 11) is 0. The average Bonchev–Trinajstić information content (AvgIpc) is 2.76. The molecule has 1 aromatic carbocycles. The number of fused-ring (bicyclic) bond motifs is 1. The third kappa shape index (κ3) is 2.61. The number of nitrogens with zero attached hydrogens (tertiary/aromatic N) is 2. The minimum atomic E-state index is -0.223. The molecular formula is C16H16FN3S. The molecule has 5 heteroatoms. The van der Waals surface area contributed by atoms with Gasteiger partial charge in [-0.1, -0.05) is 12.1 Å². The van der Waals surface area contributed by atoms with Gasteiger partial charge < -0.3 is 5.32 Å². The molecule has 2 aromatic heterocycles. The van der Waals surface area contributed by atoms with Gasteiger partial charge in [-0.3, -0.25) is 0 Å². The Kier molecular flexibility index (Phi) is 3.59. The van der Waals surface area contributed by atoms with Crippen molar-refractivity contribution in [2.45, 2.75) is 26.8 Å². The Hall–Kier alpha value is -2.01. The van der Waals surface area contributed by atoms with Crippen LogP contribution >= 0.6 is 11.3 Å². The normalized spacial score (nSPS) is 12.6. The minimum absolute atomic E-state index is 0.0447. The number of hydrogen-bond donors (Lipinski definition) is 1. The van der Waals surface area contributed by atoms with Crippen molar-refractivity contribution in [1.82, 2.24) is 9.97 Å². The summed E-state index contributed by atoms with van der Waals surface area (Å²) in [5, 5.41) is 4.49. The summed E-state index contributed by atoms with van der Waals surface area (Å²) in [6, 6.07) is 6.57. The number of rotatable bonds is 3. The Bertz CT molecular complexity index is 780. The number of aryl methyl sites for hydroxylation is 2. The standard InChI is InChI=1S/C16H16FN3S/c1-9-11(3)21-16-14(9)15(18-8-19-16)20-10(2)12-4-6-13(17)7-5-12/h4-8,10H,1-3H3,(H,18,19,20)/t10-/m0/s1. The smallest absolute Gasteiger partial charge is 0.138 e. The van der Waals surface area contributed by atoms with E-state index in [0.717, 1.165) is 21.6 Å². The molecule has 1 N–H and O–H groups in total. The molecule has 0 amide bonds. The van der Waals surface area contributed by atoms with E-state index in [2.05, 4.69) is 29.1 Å². The SMILES string of the molecule is Cc1sc2ncnc(N[C@@H](C)c3ccc(F)cc3)c2c1C. The van der Waals surface area contributed by atoms with Crippen LogP contribution in [0.15, 0.2) is 30.6 Å². The lowest BCUT2D eigenvalue weighted by Crippen LogP contribution is -2.08. The summed E-state index contributed by atoms with van der Waals surface area (Å²) in [6.45, 7) is 6.22. The van der Waals surface area contributed by atoms with Gasteiger partial charge in [-0.15, -0.1) is 11.3 Å². The maximum Gasteiger partial charge on any atom is 0.138 e. The van der Waals surface area contributed by atoms with Gasteiger partial charge in [0.2, 0.25) is 0 Å². The van der Waals surface area contributed by atoms with E-state index >= 15 is 0 Å². The molecule has 0 aliphatic carbocycles. The van der Waals surface area contributed by atoms with Crippen LogP contribution < -0.4 is 5.32 Å². The summed E-state index contributed by atoms with van der Waals surface area (Å²) >= 11 is 1.68. The Morgan fingerprint density at radius 1 is 1.14 bits per heavy atom. The molecule has 3 rings (SSSR count). The zero-order valence-corrected chi connectivity index (χ0v) is 13.0. The molecule has 1 atom stereocenters. The first-order valence-corrected chi connectivity index (χ1v) is 7.60. The zero-order chi connectivity index (χ0) is 15.0. The average molecular weight is 301 g/mol. The Balaban J connectivity index is 1.96. The van der Waals surface area contributed by atoms with Crippen LogP contribution in [0.4, 0.5) is 10.2 Å². The Morgan fingerprint density at radius 2 is 1.86 bits per heavy atom.